The molecule has 0 unspecified atom stereocenters. The van der Waals surface area contributed by atoms with Crippen molar-refractivity contribution in [2.45, 2.75) is 6.54 Å². The Morgan fingerprint density at radius 3 is 2.77 bits per heavy atom. The Bertz CT molecular complexity index is 1060. The SMILES string of the molecule is CN(Cc1ccc(Cl)cc1)c1cc(-c2cn[nH]c2)n2nc(C=O)cc2n1. The summed E-state index contributed by atoms with van der Waals surface area (Å²) in [6.45, 7) is 0.667. The number of halogens is 1. The van der Waals surface area contributed by atoms with Crippen LogP contribution in [0.5, 0.6) is 0 Å². The van der Waals surface area contributed by atoms with Gasteiger partial charge in [-0.1, -0.05) is 23.7 Å². The number of carbonyl (C=O) groups is 1. The second-order valence-electron chi connectivity index (χ2n) is 5.93. The van der Waals surface area contributed by atoms with Crippen molar-refractivity contribution in [2.75, 3.05) is 11.9 Å². The molecule has 0 radical (unpaired) electrons. The first-order valence-corrected chi connectivity index (χ1v) is 8.32. The second kappa shape index (κ2) is 6.61. The number of nitrogens with zero attached hydrogens (tertiary/aromatic N) is 5. The lowest BCUT2D eigenvalue weighted by molar-refractivity contribution is 0.111. The molecule has 1 N–H and O–H groups in total. The van der Waals surface area contributed by atoms with Gasteiger partial charge in [-0.15, -0.1) is 0 Å². The van der Waals surface area contributed by atoms with Crippen molar-refractivity contribution in [2.24, 2.45) is 0 Å². The molecule has 0 aliphatic carbocycles. The van der Waals surface area contributed by atoms with Crippen molar-refractivity contribution >= 4 is 29.4 Å². The van der Waals surface area contributed by atoms with E-state index < -0.39 is 0 Å². The van der Waals surface area contributed by atoms with E-state index in [0.717, 1.165) is 22.6 Å². The van der Waals surface area contributed by atoms with Crippen LogP contribution in [0.4, 0.5) is 5.82 Å². The highest BCUT2D eigenvalue weighted by atomic mass is 35.5. The molecule has 0 fully saturated rings. The predicted molar refractivity (Wildman–Crippen MR) is 99.5 cm³/mol. The molecule has 0 saturated heterocycles. The van der Waals surface area contributed by atoms with Gasteiger partial charge in [-0.2, -0.15) is 10.2 Å². The largest absolute Gasteiger partial charge is 0.355 e. The highest BCUT2D eigenvalue weighted by Crippen LogP contribution is 2.25. The highest BCUT2D eigenvalue weighted by molar-refractivity contribution is 6.30. The molecule has 0 saturated carbocycles. The minimum atomic E-state index is 0.333. The smallest absolute Gasteiger partial charge is 0.170 e. The number of fused-ring (bicyclic) bond motifs is 1. The number of hydrogen-bond donors (Lipinski definition) is 1. The van der Waals surface area contributed by atoms with Gasteiger partial charge in [0.2, 0.25) is 0 Å². The van der Waals surface area contributed by atoms with E-state index in [0.29, 0.717) is 29.2 Å². The molecule has 7 nitrogen and oxygen atoms in total. The van der Waals surface area contributed by atoms with E-state index in [1.54, 1.807) is 23.0 Å². The van der Waals surface area contributed by atoms with Crippen molar-refractivity contribution < 1.29 is 4.79 Å². The first-order valence-electron chi connectivity index (χ1n) is 7.95. The van der Waals surface area contributed by atoms with Gasteiger partial charge in [-0.3, -0.25) is 9.89 Å². The summed E-state index contributed by atoms with van der Waals surface area (Å²) in [5.41, 5.74) is 3.71. The summed E-state index contributed by atoms with van der Waals surface area (Å²) >= 11 is 5.95. The zero-order valence-corrected chi connectivity index (χ0v) is 14.7. The molecule has 0 aliphatic heterocycles. The van der Waals surface area contributed by atoms with Crippen molar-refractivity contribution in [3.63, 3.8) is 0 Å². The lowest BCUT2D eigenvalue weighted by Gasteiger charge is -2.19. The van der Waals surface area contributed by atoms with Crippen LogP contribution >= 0.6 is 11.6 Å². The summed E-state index contributed by atoms with van der Waals surface area (Å²) in [4.78, 5) is 17.8. The Balaban J connectivity index is 1.77. The first-order chi connectivity index (χ1) is 12.6. The standard InChI is InChI=1S/C18H15ClN6O/c1-24(10-12-2-4-14(19)5-3-12)17-7-16(13-8-20-21-9-13)25-18(22-17)6-15(11-26)23-25/h2-9,11H,10H2,1H3,(H,20,21). The van der Waals surface area contributed by atoms with Crippen LogP contribution in [-0.4, -0.2) is 38.1 Å². The number of aromatic nitrogens is 5. The summed E-state index contributed by atoms with van der Waals surface area (Å²) < 4.78 is 1.65. The summed E-state index contributed by atoms with van der Waals surface area (Å²) in [6, 6.07) is 11.3. The molecule has 3 heterocycles. The van der Waals surface area contributed by atoms with Gasteiger partial charge in [0.25, 0.3) is 0 Å². The summed E-state index contributed by atoms with van der Waals surface area (Å²) in [6.07, 6.45) is 4.20. The maximum Gasteiger partial charge on any atom is 0.170 e. The van der Waals surface area contributed by atoms with Gasteiger partial charge in [0, 0.05) is 42.5 Å². The van der Waals surface area contributed by atoms with Crippen molar-refractivity contribution in [1.82, 2.24) is 24.8 Å². The summed E-state index contributed by atoms with van der Waals surface area (Å²) in [7, 11) is 1.96. The molecular weight excluding hydrogens is 352 g/mol. The number of hydrogen-bond acceptors (Lipinski definition) is 5. The molecule has 0 bridgehead atoms. The number of nitrogens with one attached hydrogen (secondary N) is 1. The van der Waals surface area contributed by atoms with E-state index in [1.807, 2.05) is 42.3 Å². The van der Waals surface area contributed by atoms with E-state index in [9.17, 15) is 4.79 Å². The van der Waals surface area contributed by atoms with Gasteiger partial charge >= 0.3 is 0 Å². The molecular formula is C18H15ClN6O. The van der Waals surface area contributed by atoms with Crippen LogP contribution in [0.1, 0.15) is 16.1 Å². The van der Waals surface area contributed by atoms with Crippen LogP contribution < -0.4 is 4.90 Å². The van der Waals surface area contributed by atoms with Crippen molar-refractivity contribution in [3.05, 3.63) is 65.1 Å². The molecule has 130 valence electrons. The van der Waals surface area contributed by atoms with Gasteiger partial charge in [0.15, 0.2) is 11.9 Å². The molecule has 26 heavy (non-hydrogen) atoms. The van der Waals surface area contributed by atoms with Crippen LogP contribution in [0.3, 0.4) is 0 Å². The predicted octanol–water partition coefficient (Wildman–Crippen LogP) is 3.22. The number of anilines is 1. The third kappa shape index (κ3) is 3.04. The Labute approximate surface area is 154 Å². The van der Waals surface area contributed by atoms with Crippen LogP contribution in [0, 0.1) is 0 Å². The molecule has 0 atom stereocenters. The number of aldehydes is 1. The highest BCUT2D eigenvalue weighted by Gasteiger charge is 2.14. The molecule has 4 rings (SSSR count). The number of benzene rings is 1. The molecule has 1 aromatic carbocycles. The van der Waals surface area contributed by atoms with Crippen molar-refractivity contribution in [3.8, 4) is 11.3 Å². The normalized spacial score (nSPS) is 11.0. The topological polar surface area (TPSA) is 79.2 Å². The lowest BCUT2D eigenvalue weighted by Crippen LogP contribution is -2.18. The van der Waals surface area contributed by atoms with E-state index in [2.05, 4.69) is 20.3 Å². The Morgan fingerprint density at radius 1 is 1.27 bits per heavy atom. The quantitative estimate of drug-likeness (QED) is 0.548. The monoisotopic (exact) mass is 366 g/mol. The van der Waals surface area contributed by atoms with Crippen LogP contribution in [0.2, 0.25) is 5.02 Å². The molecule has 0 spiro atoms. The second-order valence-corrected chi connectivity index (χ2v) is 6.36. The average Bonchev–Trinajstić information content (AvgIpc) is 3.32. The van der Waals surface area contributed by atoms with E-state index in [1.165, 1.54) is 0 Å². The third-order valence-electron chi connectivity index (χ3n) is 4.07. The Kier molecular flexibility index (Phi) is 4.14. The number of aromatic amines is 1. The van der Waals surface area contributed by atoms with Gasteiger partial charge < -0.3 is 4.90 Å². The lowest BCUT2D eigenvalue weighted by atomic mass is 10.2. The third-order valence-corrected chi connectivity index (χ3v) is 4.32. The maximum absolute atomic E-state index is 11.1. The Morgan fingerprint density at radius 2 is 2.08 bits per heavy atom. The van der Waals surface area contributed by atoms with Crippen LogP contribution in [0.15, 0.2) is 48.8 Å². The molecule has 0 aliphatic rings. The maximum atomic E-state index is 11.1. The molecule has 3 aromatic heterocycles. The first kappa shape index (κ1) is 16.3. The fourth-order valence-corrected chi connectivity index (χ4v) is 2.90. The molecule has 4 aromatic rings. The van der Waals surface area contributed by atoms with Crippen molar-refractivity contribution in [1.29, 1.82) is 0 Å². The average molecular weight is 367 g/mol. The Hall–Kier alpha value is -3.19. The molecule has 0 amide bonds. The minimum absolute atomic E-state index is 0.333. The van der Waals surface area contributed by atoms with Gasteiger partial charge in [0.1, 0.15) is 11.5 Å². The zero-order chi connectivity index (χ0) is 18.1. The minimum Gasteiger partial charge on any atom is -0.355 e. The van der Waals surface area contributed by atoms with Gasteiger partial charge in [-0.25, -0.2) is 9.50 Å². The fraction of sp³-hybridized carbons (Fsp3) is 0.111. The molecule has 8 heteroatoms. The van der Waals surface area contributed by atoms with E-state index in [4.69, 9.17) is 11.6 Å². The van der Waals surface area contributed by atoms with E-state index >= 15 is 0 Å². The number of rotatable bonds is 5. The summed E-state index contributed by atoms with van der Waals surface area (Å²) in [5.74, 6) is 0.765. The fourth-order valence-electron chi connectivity index (χ4n) is 2.77. The number of carbonyl (C=O) groups excluding carboxylic acids is 1. The van der Waals surface area contributed by atoms with Crippen LogP contribution in [-0.2, 0) is 6.54 Å². The van der Waals surface area contributed by atoms with Gasteiger partial charge in [0.05, 0.1) is 11.9 Å². The number of H-pyrrole nitrogens is 1. The summed E-state index contributed by atoms with van der Waals surface area (Å²) in [5, 5.41) is 11.8. The van der Waals surface area contributed by atoms with E-state index in [-0.39, 0.29) is 0 Å². The van der Waals surface area contributed by atoms with Crippen LogP contribution in [0.25, 0.3) is 16.9 Å². The van der Waals surface area contributed by atoms with Gasteiger partial charge in [-0.05, 0) is 17.7 Å². The zero-order valence-electron chi connectivity index (χ0n) is 13.9.